The number of rotatable bonds is 7. The Bertz CT molecular complexity index is 455. The molecule has 1 aromatic rings. The highest BCUT2D eigenvalue weighted by Gasteiger charge is 2.10. The van der Waals surface area contributed by atoms with E-state index in [2.05, 4.69) is 15.5 Å². The molecule has 1 aliphatic rings. The second-order valence-electron chi connectivity index (χ2n) is 5.97. The smallest absolute Gasteiger partial charge is 0.170 e. The molecule has 5 heteroatoms. The molecule has 0 bridgehead atoms. The molecule has 1 heterocycles. The SMILES string of the molecule is CC(C)Oc1ccc(NC(=S)NCCCN2CCCC2)cc1. The van der Waals surface area contributed by atoms with Gasteiger partial charge in [-0.2, -0.15) is 0 Å². The molecule has 0 aliphatic carbocycles. The van der Waals surface area contributed by atoms with Gasteiger partial charge in [-0.1, -0.05) is 0 Å². The molecular formula is C17H27N3OS. The van der Waals surface area contributed by atoms with Crippen LogP contribution >= 0.6 is 12.2 Å². The van der Waals surface area contributed by atoms with Crippen LogP contribution < -0.4 is 15.4 Å². The predicted octanol–water partition coefficient (Wildman–Crippen LogP) is 3.25. The zero-order chi connectivity index (χ0) is 15.8. The zero-order valence-electron chi connectivity index (χ0n) is 13.6. The van der Waals surface area contributed by atoms with Gasteiger partial charge in [0, 0.05) is 12.2 Å². The average molecular weight is 321 g/mol. The van der Waals surface area contributed by atoms with Gasteiger partial charge in [-0.05, 0) is 89.2 Å². The summed E-state index contributed by atoms with van der Waals surface area (Å²) < 4.78 is 5.62. The summed E-state index contributed by atoms with van der Waals surface area (Å²) in [5.74, 6) is 0.880. The van der Waals surface area contributed by atoms with E-state index in [0.717, 1.165) is 30.9 Å². The third kappa shape index (κ3) is 6.20. The van der Waals surface area contributed by atoms with Gasteiger partial charge < -0.3 is 20.3 Å². The fourth-order valence-electron chi connectivity index (χ4n) is 2.58. The first-order chi connectivity index (χ1) is 10.6. The Morgan fingerprint density at radius 2 is 1.91 bits per heavy atom. The summed E-state index contributed by atoms with van der Waals surface area (Å²) in [5, 5.41) is 7.15. The van der Waals surface area contributed by atoms with E-state index in [4.69, 9.17) is 17.0 Å². The number of nitrogens with zero attached hydrogens (tertiary/aromatic N) is 1. The first-order valence-electron chi connectivity index (χ1n) is 8.17. The van der Waals surface area contributed by atoms with E-state index in [9.17, 15) is 0 Å². The second kappa shape index (κ2) is 8.96. The van der Waals surface area contributed by atoms with Gasteiger partial charge in [0.2, 0.25) is 0 Å². The molecule has 0 unspecified atom stereocenters. The fraction of sp³-hybridized carbons (Fsp3) is 0.588. The van der Waals surface area contributed by atoms with Crippen molar-refractivity contribution in [3.8, 4) is 5.75 Å². The van der Waals surface area contributed by atoms with Gasteiger partial charge in [0.05, 0.1) is 6.10 Å². The average Bonchev–Trinajstić information content (AvgIpc) is 2.98. The minimum Gasteiger partial charge on any atom is -0.491 e. The lowest BCUT2D eigenvalue weighted by Crippen LogP contribution is -2.31. The minimum absolute atomic E-state index is 0.192. The normalized spacial score (nSPS) is 15.0. The molecule has 0 spiro atoms. The molecule has 1 saturated heterocycles. The van der Waals surface area contributed by atoms with Gasteiger partial charge in [-0.3, -0.25) is 0 Å². The summed E-state index contributed by atoms with van der Waals surface area (Å²) in [5.41, 5.74) is 0.980. The molecule has 0 aromatic heterocycles. The van der Waals surface area contributed by atoms with Crippen molar-refractivity contribution < 1.29 is 4.74 Å². The zero-order valence-corrected chi connectivity index (χ0v) is 14.4. The van der Waals surface area contributed by atoms with Crippen molar-refractivity contribution in [1.82, 2.24) is 10.2 Å². The highest BCUT2D eigenvalue weighted by Crippen LogP contribution is 2.16. The van der Waals surface area contributed by atoms with Crippen LogP contribution in [0.3, 0.4) is 0 Å². The standard InChI is InChI=1S/C17H27N3OS/c1-14(2)21-16-8-6-15(7-9-16)19-17(22)18-10-5-13-20-11-3-4-12-20/h6-9,14H,3-5,10-13H2,1-2H3,(H2,18,19,22). The van der Waals surface area contributed by atoms with Crippen LogP contribution in [0.1, 0.15) is 33.1 Å². The molecule has 1 aliphatic heterocycles. The number of thiocarbonyl (C=S) groups is 1. The topological polar surface area (TPSA) is 36.5 Å². The monoisotopic (exact) mass is 321 g/mol. The summed E-state index contributed by atoms with van der Waals surface area (Å²) in [6.45, 7) is 8.63. The van der Waals surface area contributed by atoms with Crippen LogP contribution in [-0.2, 0) is 0 Å². The third-order valence-electron chi connectivity index (χ3n) is 3.62. The largest absolute Gasteiger partial charge is 0.491 e. The number of hydrogen-bond donors (Lipinski definition) is 2. The molecule has 0 saturated carbocycles. The molecule has 122 valence electrons. The van der Waals surface area contributed by atoms with E-state index in [1.54, 1.807) is 0 Å². The fourth-order valence-corrected chi connectivity index (χ4v) is 2.80. The lowest BCUT2D eigenvalue weighted by Gasteiger charge is -2.15. The van der Waals surface area contributed by atoms with E-state index in [0.29, 0.717) is 5.11 Å². The first-order valence-corrected chi connectivity index (χ1v) is 8.58. The van der Waals surface area contributed by atoms with Crippen molar-refractivity contribution >= 4 is 23.0 Å². The summed E-state index contributed by atoms with van der Waals surface area (Å²) in [6.07, 6.45) is 4.02. The third-order valence-corrected chi connectivity index (χ3v) is 3.87. The minimum atomic E-state index is 0.192. The molecule has 0 radical (unpaired) electrons. The number of likely N-dealkylation sites (tertiary alicyclic amines) is 1. The number of hydrogen-bond acceptors (Lipinski definition) is 3. The Labute approximate surface area is 139 Å². The van der Waals surface area contributed by atoms with E-state index < -0.39 is 0 Å². The van der Waals surface area contributed by atoms with Crippen molar-refractivity contribution in [1.29, 1.82) is 0 Å². The second-order valence-corrected chi connectivity index (χ2v) is 6.38. The number of nitrogens with one attached hydrogen (secondary N) is 2. The van der Waals surface area contributed by atoms with Crippen molar-refractivity contribution in [3.05, 3.63) is 24.3 Å². The number of anilines is 1. The predicted molar refractivity (Wildman–Crippen MR) is 96.7 cm³/mol. The summed E-state index contributed by atoms with van der Waals surface area (Å²) in [7, 11) is 0. The van der Waals surface area contributed by atoms with E-state index in [1.165, 1.54) is 25.9 Å². The van der Waals surface area contributed by atoms with Crippen molar-refractivity contribution in [3.63, 3.8) is 0 Å². The van der Waals surface area contributed by atoms with Gasteiger partial charge >= 0.3 is 0 Å². The Balaban J connectivity index is 1.63. The quantitative estimate of drug-likeness (QED) is 0.595. The van der Waals surface area contributed by atoms with Gasteiger partial charge in [0.25, 0.3) is 0 Å². The summed E-state index contributed by atoms with van der Waals surface area (Å²) in [4.78, 5) is 2.52. The lowest BCUT2D eigenvalue weighted by atomic mass is 10.3. The van der Waals surface area contributed by atoms with Crippen LogP contribution in [0.15, 0.2) is 24.3 Å². The molecule has 2 rings (SSSR count). The summed E-state index contributed by atoms with van der Waals surface area (Å²) >= 11 is 5.32. The maximum Gasteiger partial charge on any atom is 0.170 e. The van der Waals surface area contributed by atoms with Crippen LogP contribution in [-0.4, -0.2) is 42.3 Å². The summed E-state index contributed by atoms with van der Waals surface area (Å²) in [6, 6.07) is 7.88. The highest BCUT2D eigenvalue weighted by atomic mass is 32.1. The van der Waals surface area contributed by atoms with Crippen LogP contribution in [0, 0.1) is 0 Å². The van der Waals surface area contributed by atoms with Crippen LogP contribution in [0.25, 0.3) is 0 Å². The van der Waals surface area contributed by atoms with Crippen molar-refractivity contribution in [2.24, 2.45) is 0 Å². The number of benzene rings is 1. The molecule has 1 aromatic carbocycles. The molecule has 0 atom stereocenters. The Morgan fingerprint density at radius 1 is 1.23 bits per heavy atom. The van der Waals surface area contributed by atoms with Crippen molar-refractivity contribution in [2.75, 3.05) is 31.5 Å². The maximum atomic E-state index is 5.62. The van der Waals surface area contributed by atoms with E-state index in [1.807, 2.05) is 38.1 Å². The first kappa shape index (κ1) is 17.0. The van der Waals surface area contributed by atoms with E-state index in [-0.39, 0.29) is 6.10 Å². The molecule has 1 fully saturated rings. The van der Waals surface area contributed by atoms with Crippen LogP contribution in [0.5, 0.6) is 5.75 Å². The Morgan fingerprint density at radius 3 is 2.55 bits per heavy atom. The van der Waals surface area contributed by atoms with Gasteiger partial charge in [-0.25, -0.2) is 0 Å². The Kier molecular flexibility index (Phi) is 6.93. The van der Waals surface area contributed by atoms with Crippen LogP contribution in [0.2, 0.25) is 0 Å². The molecular weight excluding hydrogens is 294 g/mol. The van der Waals surface area contributed by atoms with Crippen molar-refractivity contribution in [2.45, 2.75) is 39.2 Å². The lowest BCUT2D eigenvalue weighted by molar-refractivity contribution is 0.242. The van der Waals surface area contributed by atoms with Crippen LogP contribution in [0.4, 0.5) is 5.69 Å². The van der Waals surface area contributed by atoms with Gasteiger partial charge in [0.1, 0.15) is 5.75 Å². The van der Waals surface area contributed by atoms with E-state index >= 15 is 0 Å². The maximum absolute atomic E-state index is 5.62. The molecule has 4 nitrogen and oxygen atoms in total. The molecule has 0 amide bonds. The highest BCUT2D eigenvalue weighted by molar-refractivity contribution is 7.80. The number of ether oxygens (including phenoxy) is 1. The van der Waals surface area contributed by atoms with Gasteiger partial charge in [0.15, 0.2) is 5.11 Å². The van der Waals surface area contributed by atoms with Gasteiger partial charge in [-0.15, -0.1) is 0 Å². The Hall–Kier alpha value is -1.33. The molecule has 2 N–H and O–H groups in total. The molecule has 22 heavy (non-hydrogen) atoms.